The van der Waals surface area contributed by atoms with Gasteiger partial charge in [0.25, 0.3) is 5.91 Å². The van der Waals surface area contributed by atoms with E-state index >= 15 is 0 Å². The van der Waals surface area contributed by atoms with Crippen LogP contribution >= 0.6 is 34.8 Å². The van der Waals surface area contributed by atoms with Crippen LogP contribution in [0.1, 0.15) is 0 Å². The number of hydrogen-bond acceptors (Lipinski definition) is 5. The van der Waals surface area contributed by atoms with Crippen molar-refractivity contribution in [2.45, 2.75) is 0 Å². The molecule has 1 heterocycles. The minimum atomic E-state index is -0.409. The fourth-order valence-electron chi connectivity index (χ4n) is 2.87. The summed E-state index contributed by atoms with van der Waals surface area (Å²) in [5.41, 5.74) is 0.362. The van der Waals surface area contributed by atoms with E-state index in [2.05, 4.69) is 5.32 Å². The van der Waals surface area contributed by atoms with Gasteiger partial charge < -0.3 is 19.2 Å². The van der Waals surface area contributed by atoms with E-state index in [1.807, 2.05) is 0 Å². The molecule has 0 aliphatic carbocycles. The van der Waals surface area contributed by atoms with Crippen molar-refractivity contribution in [3.8, 4) is 17.2 Å². The highest BCUT2D eigenvalue weighted by atomic mass is 35.5. The van der Waals surface area contributed by atoms with E-state index < -0.39 is 5.91 Å². The molecule has 9 heteroatoms. The van der Waals surface area contributed by atoms with Gasteiger partial charge in [0.05, 0.1) is 10.4 Å². The fraction of sp³-hybridized carbons (Fsp3) is 0.0435. The first-order valence-corrected chi connectivity index (χ1v) is 10.4. The molecule has 1 aromatic heterocycles. The van der Waals surface area contributed by atoms with Crippen LogP contribution in [0.25, 0.3) is 11.0 Å². The molecule has 4 aromatic rings. The molecule has 6 nitrogen and oxygen atoms in total. The third-order valence-corrected chi connectivity index (χ3v) is 5.04. The molecule has 0 aliphatic heterocycles. The Balaban J connectivity index is 1.46. The molecule has 0 bridgehead atoms. The fourth-order valence-corrected chi connectivity index (χ4v) is 3.57. The van der Waals surface area contributed by atoms with E-state index in [-0.39, 0.29) is 23.4 Å². The highest BCUT2D eigenvalue weighted by molar-refractivity contribution is 6.35. The van der Waals surface area contributed by atoms with Crippen LogP contribution in [0.3, 0.4) is 0 Å². The largest absolute Gasteiger partial charge is 0.484 e. The second-order valence-corrected chi connectivity index (χ2v) is 7.89. The Bertz CT molecular complexity index is 1350. The maximum Gasteiger partial charge on any atom is 0.262 e. The molecule has 1 N–H and O–H groups in total. The van der Waals surface area contributed by atoms with E-state index in [4.69, 9.17) is 48.7 Å². The van der Waals surface area contributed by atoms with Crippen LogP contribution in [0.15, 0.2) is 76.1 Å². The highest BCUT2D eigenvalue weighted by Crippen LogP contribution is 2.29. The Morgan fingerprint density at radius 2 is 1.69 bits per heavy atom. The first-order chi connectivity index (χ1) is 15.4. The molecule has 1 amide bonds. The molecule has 0 saturated carbocycles. The number of amides is 1. The lowest BCUT2D eigenvalue weighted by atomic mass is 10.2. The number of rotatable bonds is 6. The molecule has 4 rings (SSSR count). The summed E-state index contributed by atoms with van der Waals surface area (Å²) in [7, 11) is 0. The summed E-state index contributed by atoms with van der Waals surface area (Å²) in [6.45, 7) is -0.270. The molecule has 0 radical (unpaired) electrons. The first kappa shape index (κ1) is 22.0. The van der Waals surface area contributed by atoms with Crippen molar-refractivity contribution in [2.75, 3.05) is 11.9 Å². The van der Waals surface area contributed by atoms with Gasteiger partial charge in [0, 0.05) is 21.8 Å². The van der Waals surface area contributed by atoms with Crippen molar-refractivity contribution in [2.24, 2.45) is 0 Å². The van der Waals surface area contributed by atoms with E-state index in [9.17, 15) is 9.59 Å². The lowest BCUT2D eigenvalue weighted by Gasteiger charge is -2.09. The summed E-state index contributed by atoms with van der Waals surface area (Å²) in [5, 5.41) is 4.10. The van der Waals surface area contributed by atoms with Gasteiger partial charge in [-0.3, -0.25) is 9.59 Å². The number of halogens is 3. The summed E-state index contributed by atoms with van der Waals surface area (Å²) in [4.78, 5) is 24.9. The van der Waals surface area contributed by atoms with Crippen molar-refractivity contribution >= 4 is 57.4 Å². The zero-order valence-electron chi connectivity index (χ0n) is 16.2. The summed E-state index contributed by atoms with van der Waals surface area (Å²) < 4.78 is 16.6. The molecule has 0 aliphatic rings. The van der Waals surface area contributed by atoms with Crippen molar-refractivity contribution in [3.05, 3.63) is 92.2 Å². The Morgan fingerprint density at radius 3 is 2.44 bits per heavy atom. The highest BCUT2D eigenvalue weighted by Gasteiger charge is 2.12. The molecule has 0 unspecified atom stereocenters. The number of carbonyl (C=O) groups excluding carboxylic acids is 1. The lowest BCUT2D eigenvalue weighted by molar-refractivity contribution is -0.118. The van der Waals surface area contributed by atoms with Gasteiger partial charge in [-0.1, -0.05) is 46.9 Å². The molecule has 0 saturated heterocycles. The Labute approximate surface area is 197 Å². The molecule has 3 aromatic carbocycles. The molecule has 0 atom stereocenters. The maximum absolute atomic E-state index is 12.7. The van der Waals surface area contributed by atoms with Crippen molar-refractivity contribution in [3.63, 3.8) is 0 Å². The normalized spacial score (nSPS) is 10.7. The van der Waals surface area contributed by atoms with Crippen LogP contribution in [0, 0.1) is 0 Å². The number of anilines is 1. The van der Waals surface area contributed by atoms with Crippen molar-refractivity contribution < 1.29 is 18.7 Å². The SMILES string of the molecule is O=C(COc1ccc2c(=O)c(Oc3ccccc3Cl)coc2c1)Nc1cc(Cl)cc(Cl)c1. The molecular weight excluding hydrogens is 477 g/mol. The zero-order valence-corrected chi connectivity index (χ0v) is 18.5. The number of ether oxygens (including phenoxy) is 2. The zero-order chi connectivity index (χ0) is 22.7. The predicted octanol–water partition coefficient (Wildman–Crippen LogP) is 6.56. The lowest BCUT2D eigenvalue weighted by Crippen LogP contribution is -2.20. The molecule has 0 fully saturated rings. The van der Waals surface area contributed by atoms with Crippen LogP contribution in [0.5, 0.6) is 17.2 Å². The topological polar surface area (TPSA) is 77.8 Å². The van der Waals surface area contributed by atoms with Gasteiger partial charge in [0.2, 0.25) is 11.2 Å². The monoisotopic (exact) mass is 489 g/mol. The predicted molar refractivity (Wildman–Crippen MR) is 125 cm³/mol. The minimum Gasteiger partial charge on any atom is -0.484 e. The molecule has 0 spiro atoms. The Kier molecular flexibility index (Phi) is 6.55. The molecule has 32 heavy (non-hydrogen) atoms. The number of benzene rings is 3. The van der Waals surface area contributed by atoms with Crippen molar-refractivity contribution in [1.29, 1.82) is 0 Å². The van der Waals surface area contributed by atoms with Gasteiger partial charge in [-0.2, -0.15) is 0 Å². The van der Waals surface area contributed by atoms with E-state index in [0.29, 0.717) is 37.6 Å². The van der Waals surface area contributed by atoms with E-state index in [0.717, 1.165) is 0 Å². The van der Waals surface area contributed by atoms with Crippen LogP contribution in [0.2, 0.25) is 15.1 Å². The summed E-state index contributed by atoms with van der Waals surface area (Å²) in [5.74, 6) is 0.277. The van der Waals surface area contributed by atoms with Crippen LogP contribution < -0.4 is 20.2 Å². The van der Waals surface area contributed by atoms with Gasteiger partial charge in [-0.15, -0.1) is 0 Å². The number of nitrogens with one attached hydrogen (secondary N) is 1. The van der Waals surface area contributed by atoms with Crippen molar-refractivity contribution in [1.82, 2.24) is 0 Å². The quantitative estimate of drug-likeness (QED) is 0.331. The summed E-state index contributed by atoms with van der Waals surface area (Å²) >= 11 is 17.9. The van der Waals surface area contributed by atoms with Gasteiger partial charge >= 0.3 is 0 Å². The van der Waals surface area contributed by atoms with E-state index in [1.54, 1.807) is 48.5 Å². The van der Waals surface area contributed by atoms with Gasteiger partial charge in [0.1, 0.15) is 23.3 Å². The average Bonchev–Trinajstić information content (AvgIpc) is 2.75. The number of fused-ring (bicyclic) bond motifs is 1. The van der Waals surface area contributed by atoms with Gasteiger partial charge in [-0.25, -0.2) is 0 Å². The second kappa shape index (κ2) is 9.53. The summed E-state index contributed by atoms with van der Waals surface area (Å²) in [6, 6.07) is 16.1. The standard InChI is InChI=1S/C23H14Cl3NO5/c24-13-7-14(25)9-15(8-13)27-22(28)12-30-16-5-6-17-20(10-16)31-11-21(23(17)29)32-19-4-2-1-3-18(19)26/h1-11H,12H2,(H,27,28). The third kappa shape index (κ3) is 5.16. The van der Waals surface area contributed by atoms with Crippen LogP contribution in [0.4, 0.5) is 5.69 Å². The number of carbonyl (C=O) groups is 1. The van der Waals surface area contributed by atoms with Crippen LogP contribution in [-0.4, -0.2) is 12.5 Å². The third-order valence-electron chi connectivity index (χ3n) is 4.29. The molecule has 162 valence electrons. The second-order valence-electron chi connectivity index (χ2n) is 6.61. The smallest absolute Gasteiger partial charge is 0.262 e. The Hall–Kier alpha value is -3.19. The first-order valence-electron chi connectivity index (χ1n) is 9.26. The van der Waals surface area contributed by atoms with E-state index in [1.165, 1.54) is 18.4 Å². The summed E-state index contributed by atoms with van der Waals surface area (Å²) in [6.07, 6.45) is 1.20. The number of para-hydroxylation sites is 1. The maximum atomic E-state index is 12.7. The Morgan fingerprint density at radius 1 is 0.938 bits per heavy atom. The molecular formula is C23H14Cl3NO5. The number of hydrogen-bond donors (Lipinski definition) is 1. The van der Waals surface area contributed by atoms with Gasteiger partial charge in [-0.05, 0) is 42.5 Å². The van der Waals surface area contributed by atoms with Gasteiger partial charge in [0.15, 0.2) is 6.61 Å². The van der Waals surface area contributed by atoms with Crippen LogP contribution in [-0.2, 0) is 4.79 Å². The average molecular weight is 491 g/mol. The minimum absolute atomic E-state index is 0.00108.